The summed E-state index contributed by atoms with van der Waals surface area (Å²) < 4.78 is 6.59. The molecule has 9 aromatic carbocycles. The first-order chi connectivity index (χ1) is 26.8. The summed E-state index contributed by atoms with van der Waals surface area (Å²) >= 11 is 0. The van der Waals surface area contributed by atoms with E-state index in [9.17, 15) is 0 Å². The van der Waals surface area contributed by atoms with Crippen LogP contribution in [0.15, 0.2) is 217 Å². The lowest BCUT2D eigenvalue weighted by Gasteiger charge is -2.26. The second-order valence-electron chi connectivity index (χ2n) is 13.7. The van der Waals surface area contributed by atoms with E-state index < -0.39 is 0 Å². The second kappa shape index (κ2) is 13.4. The van der Waals surface area contributed by atoms with Crippen molar-refractivity contribution in [2.45, 2.75) is 0 Å². The number of nitrogens with zero attached hydrogens (tertiary/aromatic N) is 1. The topological polar surface area (TPSA) is 16.4 Å². The molecular formula is C52H35NO. The Kier molecular flexibility index (Phi) is 7.85. The number of fused-ring (bicyclic) bond motifs is 4. The molecule has 0 radical (unpaired) electrons. The van der Waals surface area contributed by atoms with E-state index in [0.29, 0.717) is 0 Å². The molecule has 2 heteroatoms. The molecule has 0 amide bonds. The van der Waals surface area contributed by atoms with Gasteiger partial charge in [0.25, 0.3) is 0 Å². The average molecular weight is 690 g/mol. The molecule has 0 saturated carbocycles. The van der Waals surface area contributed by atoms with Crippen LogP contribution in [0, 0.1) is 0 Å². The van der Waals surface area contributed by atoms with E-state index in [1.54, 1.807) is 0 Å². The Morgan fingerprint density at radius 2 is 0.815 bits per heavy atom. The van der Waals surface area contributed by atoms with Crippen LogP contribution in [0.5, 0.6) is 0 Å². The summed E-state index contributed by atoms with van der Waals surface area (Å²) in [5.41, 5.74) is 14.4. The van der Waals surface area contributed by atoms with Gasteiger partial charge in [0.15, 0.2) is 0 Å². The Balaban J connectivity index is 1.08. The van der Waals surface area contributed by atoms with Crippen molar-refractivity contribution in [1.82, 2.24) is 0 Å². The minimum absolute atomic E-state index is 0.858. The van der Waals surface area contributed by atoms with Gasteiger partial charge in [-0.15, -0.1) is 0 Å². The van der Waals surface area contributed by atoms with Crippen LogP contribution in [0.4, 0.5) is 17.1 Å². The average Bonchev–Trinajstić information content (AvgIpc) is 3.63. The summed E-state index contributed by atoms with van der Waals surface area (Å²) in [4.78, 5) is 2.32. The molecule has 0 aliphatic carbocycles. The van der Waals surface area contributed by atoms with Crippen LogP contribution in [0.2, 0.25) is 0 Å². The number of furan rings is 1. The van der Waals surface area contributed by atoms with Gasteiger partial charge in [0.1, 0.15) is 11.2 Å². The van der Waals surface area contributed by atoms with Gasteiger partial charge < -0.3 is 9.32 Å². The highest BCUT2D eigenvalue weighted by Crippen LogP contribution is 2.42. The molecule has 0 N–H and O–H groups in total. The molecule has 1 heterocycles. The third-order valence-corrected chi connectivity index (χ3v) is 10.5. The van der Waals surface area contributed by atoms with Gasteiger partial charge >= 0.3 is 0 Å². The van der Waals surface area contributed by atoms with Crippen molar-refractivity contribution in [1.29, 1.82) is 0 Å². The minimum atomic E-state index is 0.858. The molecule has 10 aromatic rings. The van der Waals surface area contributed by atoms with Gasteiger partial charge in [0, 0.05) is 33.9 Å². The van der Waals surface area contributed by atoms with Crippen molar-refractivity contribution in [2.24, 2.45) is 0 Å². The summed E-state index contributed by atoms with van der Waals surface area (Å²) in [5.74, 6) is 0. The highest BCUT2D eigenvalue weighted by molar-refractivity contribution is 6.13. The third-order valence-electron chi connectivity index (χ3n) is 10.5. The molecular weight excluding hydrogens is 655 g/mol. The summed E-state index contributed by atoms with van der Waals surface area (Å²) in [6.45, 7) is 0. The highest BCUT2D eigenvalue weighted by atomic mass is 16.3. The maximum atomic E-state index is 6.59. The normalized spacial score (nSPS) is 11.3. The molecule has 1 aromatic heterocycles. The number of hydrogen-bond acceptors (Lipinski definition) is 2. The summed E-state index contributed by atoms with van der Waals surface area (Å²) in [6.07, 6.45) is 0. The Labute approximate surface area is 314 Å². The van der Waals surface area contributed by atoms with Crippen LogP contribution in [0.25, 0.3) is 77.2 Å². The standard InChI is InChI=1S/C52H35NO/c1-3-13-38(14-4-1)46-18-9-10-19-47(46)40-26-30-44(31-27-40)53(43-28-24-37(25-29-43)42-23-22-36-12-7-8-17-41(36)34-42)45-32-33-49-51(35-45)54-50-21-11-20-48(52(49)50)39-15-5-2-6-16-39/h1-35H. The van der Waals surface area contributed by atoms with Crippen LogP contribution in [0.1, 0.15) is 0 Å². The van der Waals surface area contributed by atoms with Gasteiger partial charge in [-0.3, -0.25) is 0 Å². The summed E-state index contributed by atoms with van der Waals surface area (Å²) in [7, 11) is 0. The lowest BCUT2D eigenvalue weighted by Crippen LogP contribution is -2.09. The van der Waals surface area contributed by atoms with E-state index in [1.165, 1.54) is 55.3 Å². The second-order valence-corrected chi connectivity index (χ2v) is 13.7. The van der Waals surface area contributed by atoms with Crippen LogP contribution in [0.3, 0.4) is 0 Å². The van der Waals surface area contributed by atoms with Crippen molar-refractivity contribution in [3.05, 3.63) is 212 Å². The number of rotatable bonds is 7. The van der Waals surface area contributed by atoms with Crippen LogP contribution >= 0.6 is 0 Å². The molecule has 0 atom stereocenters. The Bertz CT molecular complexity index is 2910. The fraction of sp³-hybridized carbons (Fsp3) is 0. The SMILES string of the molecule is c1ccc(-c2ccccc2-c2ccc(N(c3ccc(-c4ccc5ccccc5c4)cc3)c3ccc4c(c3)oc3cccc(-c5ccccc5)c34)cc2)cc1. The Morgan fingerprint density at radius 3 is 1.50 bits per heavy atom. The highest BCUT2D eigenvalue weighted by Gasteiger charge is 2.18. The molecule has 0 aliphatic heterocycles. The maximum Gasteiger partial charge on any atom is 0.137 e. The zero-order valence-corrected chi connectivity index (χ0v) is 29.6. The quantitative estimate of drug-likeness (QED) is 0.166. The molecule has 254 valence electrons. The predicted octanol–water partition coefficient (Wildman–Crippen LogP) is 14.9. The first kappa shape index (κ1) is 31.6. The lowest BCUT2D eigenvalue weighted by molar-refractivity contribution is 0.669. The largest absolute Gasteiger partial charge is 0.456 e. The van der Waals surface area contributed by atoms with Gasteiger partial charge in [0.05, 0.1) is 0 Å². The first-order valence-corrected chi connectivity index (χ1v) is 18.4. The van der Waals surface area contributed by atoms with Gasteiger partial charge in [-0.1, -0.05) is 158 Å². The minimum Gasteiger partial charge on any atom is -0.456 e. The Hall–Kier alpha value is -7.16. The molecule has 10 rings (SSSR count). The summed E-state index contributed by atoms with van der Waals surface area (Å²) in [6, 6.07) is 75.7. The summed E-state index contributed by atoms with van der Waals surface area (Å²) in [5, 5.41) is 4.73. The molecule has 0 bridgehead atoms. The smallest absolute Gasteiger partial charge is 0.137 e. The van der Waals surface area contributed by atoms with Gasteiger partial charge in [-0.25, -0.2) is 0 Å². The van der Waals surface area contributed by atoms with Crippen molar-refractivity contribution in [3.63, 3.8) is 0 Å². The van der Waals surface area contributed by atoms with Crippen molar-refractivity contribution >= 4 is 49.8 Å². The molecule has 2 nitrogen and oxygen atoms in total. The lowest BCUT2D eigenvalue weighted by atomic mass is 9.94. The predicted molar refractivity (Wildman–Crippen MR) is 228 cm³/mol. The van der Waals surface area contributed by atoms with Crippen molar-refractivity contribution in [2.75, 3.05) is 4.90 Å². The molecule has 0 aliphatic rings. The molecule has 54 heavy (non-hydrogen) atoms. The van der Waals surface area contributed by atoms with Crippen LogP contribution in [-0.4, -0.2) is 0 Å². The monoisotopic (exact) mass is 689 g/mol. The zero-order chi connectivity index (χ0) is 35.8. The third kappa shape index (κ3) is 5.71. The van der Waals surface area contributed by atoms with E-state index in [0.717, 1.165) is 39.0 Å². The van der Waals surface area contributed by atoms with Crippen molar-refractivity contribution < 1.29 is 4.42 Å². The molecule has 0 saturated heterocycles. The van der Waals surface area contributed by atoms with Gasteiger partial charge in [-0.2, -0.15) is 0 Å². The number of anilines is 3. The number of benzene rings is 9. The number of hydrogen-bond donors (Lipinski definition) is 0. The first-order valence-electron chi connectivity index (χ1n) is 18.4. The zero-order valence-electron chi connectivity index (χ0n) is 29.6. The fourth-order valence-electron chi connectivity index (χ4n) is 7.83. The van der Waals surface area contributed by atoms with Gasteiger partial charge in [-0.05, 0) is 104 Å². The van der Waals surface area contributed by atoms with Crippen molar-refractivity contribution in [3.8, 4) is 44.5 Å². The van der Waals surface area contributed by atoms with E-state index in [1.807, 2.05) is 0 Å². The van der Waals surface area contributed by atoms with Gasteiger partial charge in [0.2, 0.25) is 0 Å². The van der Waals surface area contributed by atoms with E-state index in [-0.39, 0.29) is 0 Å². The van der Waals surface area contributed by atoms with E-state index >= 15 is 0 Å². The molecule has 0 spiro atoms. The fourth-order valence-corrected chi connectivity index (χ4v) is 7.83. The van der Waals surface area contributed by atoms with E-state index in [4.69, 9.17) is 4.42 Å². The maximum absolute atomic E-state index is 6.59. The molecule has 0 unspecified atom stereocenters. The van der Waals surface area contributed by atoms with Crippen LogP contribution in [-0.2, 0) is 0 Å². The Morgan fingerprint density at radius 1 is 0.296 bits per heavy atom. The van der Waals surface area contributed by atoms with E-state index in [2.05, 4.69) is 217 Å². The molecule has 0 fully saturated rings. The van der Waals surface area contributed by atoms with Crippen LogP contribution < -0.4 is 4.90 Å².